The molecule has 0 spiro atoms. The molecule has 0 amide bonds. The molecule has 1 atom stereocenters. The van der Waals surface area contributed by atoms with Crippen LogP contribution in [0, 0.1) is 5.92 Å². The molecular weight excluding hydrogens is 246 g/mol. The highest BCUT2D eigenvalue weighted by Gasteiger charge is 2.28. The third kappa shape index (κ3) is 3.62. The smallest absolute Gasteiger partial charge is 0.0469 e. The van der Waals surface area contributed by atoms with Gasteiger partial charge in [-0.1, -0.05) is 52.0 Å². The lowest BCUT2D eigenvalue weighted by Gasteiger charge is -2.34. The second-order valence-corrected chi connectivity index (χ2v) is 6.82. The van der Waals surface area contributed by atoms with Gasteiger partial charge in [0, 0.05) is 19.3 Å². The van der Waals surface area contributed by atoms with Crippen molar-refractivity contribution < 1.29 is 4.74 Å². The molecule has 0 aromatic heterocycles. The monoisotopic (exact) mass is 275 g/mol. The van der Waals surface area contributed by atoms with Gasteiger partial charge in [0.1, 0.15) is 0 Å². The fraction of sp³-hybridized carbons (Fsp3) is 0.667. The molecule has 1 aromatic rings. The molecule has 0 saturated carbocycles. The van der Waals surface area contributed by atoms with Crippen molar-refractivity contribution in [3.05, 3.63) is 35.4 Å². The van der Waals surface area contributed by atoms with Gasteiger partial charge in [-0.3, -0.25) is 0 Å². The SMILES string of the molecule is CCNC(c1ccccc1C(C)(C)C)C1CCOCC1. The summed E-state index contributed by atoms with van der Waals surface area (Å²) < 4.78 is 5.53. The normalized spacial score (nSPS) is 19.0. The van der Waals surface area contributed by atoms with Gasteiger partial charge in [0.05, 0.1) is 0 Å². The van der Waals surface area contributed by atoms with Gasteiger partial charge < -0.3 is 10.1 Å². The van der Waals surface area contributed by atoms with Gasteiger partial charge in [0.2, 0.25) is 0 Å². The van der Waals surface area contributed by atoms with Crippen molar-refractivity contribution in [1.29, 1.82) is 0 Å². The van der Waals surface area contributed by atoms with Crippen molar-refractivity contribution in [3.8, 4) is 0 Å². The van der Waals surface area contributed by atoms with Crippen LogP contribution in [0.1, 0.15) is 57.7 Å². The molecule has 0 aliphatic carbocycles. The Bertz CT molecular complexity index is 416. The zero-order chi connectivity index (χ0) is 14.6. The molecule has 0 radical (unpaired) electrons. The van der Waals surface area contributed by atoms with E-state index in [1.165, 1.54) is 11.1 Å². The lowest BCUT2D eigenvalue weighted by molar-refractivity contribution is 0.0536. The number of hydrogen-bond donors (Lipinski definition) is 1. The van der Waals surface area contributed by atoms with Gasteiger partial charge in [0.15, 0.2) is 0 Å². The molecule has 1 heterocycles. The molecule has 2 heteroatoms. The van der Waals surface area contributed by atoms with Gasteiger partial charge in [-0.05, 0) is 41.8 Å². The summed E-state index contributed by atoms with van der Waals surface area (Å²) >= 11 is 0. The second kappa shape index (κ2) is 6.73. The first-order valence-corrected chi connectivity index (χ1v) is 7.94. The predicted molar refractivity (Wildman–Crippen MR) is 85.1 cm³/mol. The van der Waals surface area contributed by atoms with Crippen LogP contribution in [0.3, 0.4) is 0 Å². The number of nitrogens with one attached hydrogen (secondary N) is 1. The van der Waals surface area contributed by atoms with Crippen molar-refractivity contribution in [2.45, 2.75) is 52.0 Å². The van der Waals surface area contributed by atoms with E-state index in [0.717, 1.165) is 32.6 Å². The zero-order valence-electron chi connectivity index (χ0n) is 13.4. The Hall–Kier alpha value is -0.860. The summed E-state index contributed by atoms with van der Waals surface area (Å²) in [5, 5.41) is 3.73. The molecule has 1 aromatic carbocycles. The first-order chi connectivity index (χ1) is 9.54. The molecule has 1 saturated heterocycles. The molecule has 2 nitrogen and oxygen atoms in total. The highest BCUT2D eigenvalue weighted by molar-refractivity contribution is 5.35. The quantitative estimate of drug-likeness (QED) is 0.894. The minimum Gasteiger partial charge on any atom is -0.381 e. The lowest BCUT2D eigenvalue weighted by atomic mass is 9.77. The highest BCUT2D eigenvalue weighted by atomic mass is 16.5. The van der Waals surface area contributed by atoms with Crippen LogP contribution in [0.5, 0.6) is 0 Å². The fourth-order valence-electron chi connectivity index (χ4n) is 3.25. The number of ether oxygens (including phenoxy) is 1. The molecule has 1 aliphatic heterocycles. The molecule has 1 N–H and O–H groups in total. The summed E-state index contributed by atoms with van der Waals surface area (Å²) in [4.78, 5) is 0. The van der Waals surface area contributed by atoms with Gasteiger partial charge in [-0.2, -0.15) is 0 Å². The summed E-state index contributed by atoms with van der Waals surface area (Å²) in [6.07, 6.45) is 2.33. The Morgan fingerprint density at radius 1 is 1.20 bits per heavy atom. The van der Waals surface area contributed by atoms with E-state index in [9.17, 15) is 0 Å². The van der Waals surface area contributed by atoms with Crippen molar-refractivity contribution in [1.82, 2.24) is 5.32 Å². The molecule has 112 valence electrons. The van der Waals surface area contributed by atoms with E-state index in [2.05, 4.69) is 57.3 Å². The highest BCUT2D eigenvalue weighted by Crippen LogP contribution is 2.36. The van der Waals surface area contributed by atoms with E-state index in [1.807, 2.05) is 0 Å². The van der Waals surface area contributed by atoms with Crippen LogP contribution >= 0.6 is 0 Å². The van der Waals surface area contributed by atoms with E-state index in [-0.39, 0.29) is 5.41 Å². The summed E-state index contributed by atoms with van der Waals surface area (Å²) in [5.41, 5.74) is 3.14. The van der Waals surface area contributed by atoms with Crippen LogP contribution in [0.15, 0.2) is 24.3 Å². The maximum absolute atomic E-state index is 5.53. The Labute approximate surface area is 123 Å². The number of hydrogen-bond acceptors (Lipinski definition) is 2. The molecular formula is C18H29NO. The van der Waals surface area contributed by atoms with E-state index in [0.29, 0.717) is 12.0 Å². The van der Waals surface area contributed by atoms with Crippen LogP contribution in [0.2, 0.25) is 0 Å². The Kier molecular flexibility index (Phi) is 5.22. The van der Waals surface area contributed by atoms with Crippen LogP contribution in [0.4, 0.5) is 0 Å². The fourth-order valence-corrected chi connectivity index (χ4v) is 3.25. The van der Waals surface area contributed by atoms with Crippen LogP contribution in [-0.4, -0.2) is 19.8 Å². The minimum absolute atomic E-state index is 0.190. The Morgan fingerprint density at radius 2 is 1.85 bits per heavy atom. The van der Waals surface area contributed by atoms with E-state index in [1.54, 1.807) is 0 Å². The first-order valence-electron chi connectivity index (χ1n) is 7.94. The van der Waals surface area contributed by atoms with E-state index in [4.69, 9.17) is 4.74 Å². The Balaban J connectivity index is 2.33. The standard InChI is InChI=1S/C18H29NO/c1-5-19-17(14-10-12-20-13-11-14)15-8-6-7-9-16(15)18(2,3)4/h6-9,14,17,19H,5,10-13H2,1-4H3. The molecule has 2 rings (SSSR count). The molecule has 1 aliphatic rings. The maximum Gasteiger partial charge on any atom is 0.0469 e. The predicted octanol–water partition coefficient (Wildman–Crippen LogP) is 4.06. The summed E-state index contributed by atoms with van der Waals surface area (Å²) in [6, 6.07) is 9.40. The van der Waals surface area contributed by atoms with Gasteiger partial charge in [-0.25, -0.2) is 0 Å². The number of rotatable bonds is 4. The zero-order valence-corrected chi connectivity index (χ0v) is 13.4. The van der Waals surface area contributed by atoms with Crippen molar-refractivity contribution >= 4 is 0 Å². The van der Waals surface area contributed by atoms with E-state index >= 15 is 0 Å². The minimum atomic E-state index is 0.190. The van der Waals surface area contributed by atoms with Gasteiger partial charge >= 0.3 is 0 Å². The van der Waals surface area contributed by atoms with Crippen LogP contribution in [-0.2, 0) is 10.2 Å². The molecule has 0 bridgehead atoms. The average Bonchev–Trinajstić information content (AvgIpc) is 2.45. The van der Waals surface area contributed by atoms with Gasteiger partial charge in [-0.15, -0.1) is 0 Å². The topological polar surface area (TPSA) is 21.3 Å². The summed E-state index contributed by atoms with van der Waals surface area (Å²) in [5.74, 6) is 0.687. The molecule has 20 heavy (non-hydrogen) atoms. The second-order valence-electron chi connectivity index (χ2n) is 6.82. The third-order valence-electron chi connectivity index (χ3n) is 4.27. The third-order valence-corrected chi connectivity index (χ3v) is 4.27. The molecule has 1 unspecified atom stereocenters. The Morgan fingerprint density at radius 3 is 2.45 bits per heavy atom. The van der Waals surface area contributed by atoms with Crippen molar-refractivity contribution in [2.75, 3.05) is 19.8 Å². The van der Waals surface area contributed by atoms with Crippen molar-refractivity contribution in [2.24, 2.45) is 5.92 Å². The first kappa shape index (κ1) is 15.5. The van der Waals surface area contributed by atoms with E-state index < -0.39 is 0 Å². The van der Waals surface area contributed by atoms with Crippen LogP contribution < -0.4 is 5.32 Å². The number of benzene rings is 1. The maximum atomic E-state index is 5.53. The van der Waals surface area contributed by atoms with Crippen LogP contribution in [0.25, 0.3) is 0 Å². The lowest BCUT2D eigenvalue weighted by Crippen LogP contribution is -2.33. The summed E-state index contributed by atoms with van der Waals surface area (Å²) in [7, 11) is 0. The van der Waals surface area contributed by atoms with Crippen molar-refractivity contribution in [3.63, 3.8) is 0 Å². The van der Waals surface area contributed by atoms with Gasteiger partial charge in [0.25, 0.3) is 0 Å². The molecule has 1 fully saturated rings. The summed E-state index contributed by atoms with van der Waals surface area (Å²) in [6.45, 7) is 11.9. The largest absolute Gasteiger partial charge is 0.381 e. The average molecular weight is 275 g/mol.